The second kappa shape index (κ2) is 3.52. The van der Waals surface area contributed by atoms with E-state index < -0.39 is 15.8 Å². The first-order chi connectivity index (χ1) is 4.88. The number of hydrogen-bond acceptors (Lipinski definition) is 4. The zero-order valence-electron chi connectivity index (χ0n) is 6.62. The standard InChI is InChI=1S/C6H10O4S/c1-5(11(3,8)9)4-6(7)10-2/h4H,1-3H3/b5-4-. The van der Waals surface area contributed by atoms with Crippen LogP contribution >= 0.6 is 0 Å². The third kappa shape index (κ3) is 3.77. The van der Waals surface area contributed by atoms with Gasteiger partial charge >= 0.3 is 5.97 Å². The number of carbonyl (C=O) groups excluding carboxylic acids is 1. The molecule has 0 aliphatic heterocycles. The van der Waals surface area contributed by atoms with Gasteiger partial charge in [-0.3, -0.25) is 0 Å². The smallest absolute Gasteiger partial charge is 0.331 e. The topological polar surface area (TPSA) is 60.4 Å². The van der Waals surface area contributed by atoms with E-state index in [4.69, 9.17) is 0 Å². The van der Waals surface area contributed by atoms with Crippen molar-refractivity contribution in [2.45, 2.75) is 6.92 Å². The van der Waals surface area contributed by atoms with Gasteiger partial charge in [-0.1, -0.05) is 0 Å². The normalized spacial score (nSPS) is 12.8. The fourth-order valence-corrected chi connectivity index (χ4v) is 0.642. The molecule has 0 rings (SSSR count). The molecule has 0 bridgehead atoms. The van der Waals surface area contributed by atoms with Crippen molar-refractivity contribution < 1.29 is 17.9 Å². The minimum Gasteiger partial charge on any atom is -0.466 e. The summed E-state index contributed by atoms with van der Waals surface area (Å²) in [7, 11) is -2.06. The van der Waals surface area contributed by atoms with Crippen LogP contribution in [0.15, 0.2) is 11.0 Å². The summed E-state index contributed by atoms with van der Waals surface area (Å²) >= 11 is 0. The van der Waals surface area contributed by atoms with Crippen molar-refractivity contribution in [3.8, 4) is 0 Å². The molecular weight excluding hydrogens is 168 g/mol. The van der Waals surface area contributed by atoms with Gasteiger partial charge in [0.15, 0.2) is 9.84 Å². The predicted molar refractivity (Wildman–Crippen MR) is 40.6 cm³/mol. The highest BCUT2D eigenvalue weighted by atomic mass is 32.2. The fraction of sp³-hybridized carbons (Fsp3) is 0.500. The number of ether oxygens (including phenoxy) is 1. The average molecular weight is 178 g/mol. The summed E-state index contributed by atoms with van der Waals surface area (Å²) in [6.07, 6.45) is 1.97. The summed E-state index contributed by atoms with van der Waals surface area (Å²) in [5.41, 5.74) is 0. The second-order valence-electron chi connectivity index (χ2n) is 2.05. The Morgan fingerprint density at radius 3 is 2.18 bits per heavy atom. The van der Waals surface area contributed by atoms with Gasteiger partial charge in [0.05, 0.1) is 7.11 Å². The highest BCUT2D eigenvalue weighted by Gasteiger charge is 2.06. The van der Waals surface area contributed by atoms with Crippen LogP contribution in [0.4, 0.5) is 0 Å². The van der Waals surface area contributed by atoms with Crippen molar-refractivity contribution in [2.24, 2.45) is 0 Å². The van der Waals surface area contributed by atoms with Crippen LogP contribution in [0.5, 0.6) is 0 Å². The Balaban J connectivity index is 4.62. The summed E-state index contributed by atoms with van der Waals surface area (Å²) in [4.78, 5) is 10.5. The van der Waals surface area contributed by atoms with Crippen LogP contribution in [0.3, 0.4) is 0 Å². The van der Waals surface area contributed by atoms with Crippen LogP contribution in [0.1, 0.15) is 6.92 Å². The molecule has 64 valence electrons. The summed E-state index contributed by atoms with van der Waals surface area (Å²) in [5, 5.41) is 0. The molecule has 11 heavy (non-hydrogen) atoms. The first-order valence-electron chi connectivity index (χ1n) is 2.84. The predicted octanol–water partition coefficient (Wildman–Crippen LogP) is 0.108. The van der Waals surface area contributed by atoms with E-state index in [0.717, 1.165) is 12.3 Å². The lowest BCUT2D eigenvalue weighted by molar-refractivity contribution is -0.134. The van der Waals surface area contributed by atoms with Crippen LogP contribution in [0, 0.1) is 0 Å². The molecule has 0 spiro atoms. The Labute approximate surface area is 65.8 Å². The zero-order chi connectivity index (χ0) is 9.07. The van der Waals surface area contributed by atoms with Gasteiger partial charge in [0.25, 0.3) is 0 Å². The monoisotopic (exact) mass is 178 g/mol. The summed E-state index contributed by atoms with van der Waals surface area (Å²) in [6.45, 7) is 1.34. The van der Waals surface area contributed by atoms with Gasteiger partial charge in [-0.25, -0.2) is 13.2 Å². The van der Waals surface area contributed by atoms with E-state index >= 15 is 0 Å². The molecule has 0 atom stereocenters. The maximum absolute atomic E-state index is 10.7. The van der Waals surface area contributed by atoms with Gasteiger partial charge < -0.3 is 4.74 Å². The molecule has 0 saturated carbocycles. The van der Waals surface area contributed by atoms with E-state index in [1.165, 1.54) is 14.0 Å². The second-order valence-corrected chi connectivity index (χ2v) is 4.24. The third-order valence-corrected chi connectivity index (χ3v) is 2.39. The molecule has 0 aromatic carbocycles. The lowest BCUT2D eigenvalue weighted by Crippen LogP contribution is -2.02. The van der Waals surface area contributed by atoms with Crippen LogP contribution < -0.4 is 0 Å². The minimum absolute atomic E-state index is 0.00403. The first-order valence-corrected chi connectivity index (χ1v) is 4.73. The summed E-state index contributed by atoms with van der Waals surface area (Å²) in [5.74, 6) is -0.659. The van der Waals surface area contributed by atoms with Crippen LogP contribution in [0.2, 0.25) is 0 Å². The van der Waals surface area contributed by atoms with Crippen molar-refractivity contribution in [1.29, 1.82) is 0 Å². The van der Waals surface area contributed by atoms with Gasteiger partial charge in [-0.2, -0.15) is 0 Å². The van der Waals surface area contributed by atoms with E-state index in [9.17, 15) is 13.2 Å². The Bertz CT molecular complexity index is 273. The van der Waals surface area contributed by atoms with Crippen LogP contribution in [-0.4, -0.2) is 27.8 Å². The van der Waals surface area contributed by atoms with E-state index in [-0.39, 0.29) is 4.91 Å². The molecule has 0 saturated heterocycles. The summed E-state index contributed by atoms with van der Waals surface area (Å²) < 4.78 is 25.6. The first kappa shape index (κ1) is 10.2. The molecule has 0 radical (unpaired) electrons. The van der Waals surface area contributed by atoms with Gasteiger partial charge in [-0.05, 0) is 6.92 Å². The maximum atomic E-state index is 10.7. The molecule has 0 N–H and O–H groups in total. The lowest BCUT2D eigenvalue weighted by atomic mass is 10.5. The lowest BCUT2D eigenvalue weighted by Gasteiger charge is -1.95. The number of carbonyl (C=O) groups is 1. The Kier molecular flexibility index (Phi) is 3.25. The van der Waals surface area contributed by atoms with Crippen molar-refractivity contribution in [3.63, 3.8) is 0 Å². The van der Waals surface area contributed by atoms with Gasteiger partial charge in [0.1, 0.15) is 0 Å². The molecule has 0 aliphatic carbocycles. The van der Waals surface area contributed by atoms with E-state index in [1.54, 1.807) is 0 Å². The molecule has 0 unspecified atom stereocenters. The quantitative estimate of drug-likeness (QED) is 0.444. The molecule has 0 fully saturated rings. The number of methoxy groups -OCH3 is 1. The van der Waals surface area contributed by atoms with Gasteiger partial charge in [-0.15, -0.1) is 0 Å². The van der Waals surface area contributed by atoms with E-state index in [2.05, 4.69) is 4.74 Å². The largest absolute Gasteiger partial charge is 0.466 e. The molecule has 5 heteroatoms. The number of esters is 1. The third-order valence-electron chi connectivity index (χ3n) is 1.11. The SMILES string of the molecule is COC(=O)/C=C(/C)S(C)(=O)=O. The maximum Gasteiger partial charge on any atom is 0.331 e. The van der Waals surface area contributed by atoms with Crippen molar-refractivity contribution in [3.05, 3.63) is 11.0 Å². The number of allylic oxidation sites excluding steroid dienone is 1. The fourth-order valence-electron chi connectivity index (χ4n) is 0.332. The van der Waals surface area contributed by atoms with Gasteiger partial charge in [0, 0.05) is 17.2 Å². The van der Waals surface area contributed by atoms with Crippen molar-refractivity contribution >= 4 is 15.8 Å². The van der Waals surface area contributed by atoms with Crippen molar-refractivity contribution in [2.75, 3.05) is 13.4 Å². The molecular formula is C6H10O4S. The number of rotatable bonds is 2. The Hall–Kier alpha value is -0.840. The Morgan fingerprint density at radius 2 is 1.91 bits per heavy atom. The molecule has 4 nitrogen and oxygen atoms in total. The number of sulfone groups is 1. The van der Waals surface area contributed by atoms with E-state index in [0.29, 0.717) is 0 Å². The van der Waals surface area contributed by atoms with Crippen LogP contribution in [-0.2, 0) is 19.4 Å². The number of hydrogen-bond donors (Lipinski definition) is 0. The minimum atomic E-state index is -3.25. The molecule has 0 amide bonds. The summed E-state index contributed by atoms with van der Waals surface area (Å²) in [6, 6.07) is 0. The van der Waals surface area contributed by atoms with Crippen LogP contribution in [0.25, 0.3) is 0 Å². The highest BCUT2D eigenvalue weighted by molar-refractivity contribution is 7.94. The van der Waals surface area contributed by atoms with Gasteiger partial charge in [0.2, 0.25) is 0 Å². The zero-order valence-corrected chi connectivity index (χ0v) is 7.44. The molecule has 0 heterocycles. The molecule has 0 aliphatic rings. The van der Waals surface area contributed by atoms with Crippen molar-refractivity contribution in [1.82, 2.24) is 0 Å². The molecule has 0 aromatic heterocycles. The molecule has 0 aromatic rings. The Morgan fingerprint density at radius 1 is 1.45 bits per heavy atom. The highest BCUT2D eigenvalue weighted by Crippen LogP contribution is 2.01. The van der Waals surface area contributed by atoms with E-state index in [1.807, 2.05) is 0 Å². The average Bonchev–Trinajstić information content (AvgIpc) is 1.85.